The van der Waals surface area contributed by atoms with E-state index < -0.39 is 0 Å². The lowest BCUT2D eigenvalue weighted by Gasteiger charge is -2.29. The van der Waals surface area contributed by atoms with Crippen LogP contribution in [0, 0.1) is 0 Å². The molecule has 2 saturated heterocycles. The highest BCUT2D eigenvalue weighted by molar-refractivity contribution is 4.71. The molecule has 1 atom stereocenters. The lowest BCUT2D eigenvalue weighted by Crippen LogP contribution is -2.49. The maximum atomic E-state index is 5.47. The van der Waals surface area contributed by atoms with Gasteiger partial charge in [-0.3, -0.25) is 5.43 Å². The van der Waals surface area contributed by atoms with Crippen molar-refractivity contribution >= 4 is 0 Å². The Labute approximate surface area is 54.9 Å². The molecular weight excluding hydrogens is 116 g/mol. The van der Waals surface area contributed by atoms with Gasteiger partial charge in [0.05, 0.1) is 6.61 Å². The molecule has 0 radical (unpaired) electrons. The molecule has 0 aromatic heterocycles. The standard InChI is InChI=1S/C6H12N2O/c1-2-6-8(4-1)7-3-5-9-6/h6-7H,1-5H2/t6-/m1/s1. The van der Waals surface area contributed by atoms with Gasteiger partial charge in [-0.2, -0.15) is 0 Å². The molecule has 0 spiro atoms. The molecule has 0 unspecified atom stereocenters. The van der Waals surface area contributed by atoms with Gasteiger partial charge in [0.25, 0.3) is 0 Å². The van der Waals surface area contributed by atoms with Gasteiger partial charge in [-0.25, -0.2) is 5.01 Å². The summed E-state index contributed by atoms with van der Waals surface area (Å²) in [6, 6.07) is 0. The van der Waals surface area contributed by atoms with Crippen LogP contribution >= 0.6 is 0 Å². The van der Waals surface area contributed by atoms with Crippen LogP contribution in [-0.4, -0.2) is 30.9 Å². The van der Waals surface area contributed by atoms with Crippen LogP contribution in [0.2, 0.25) is 0 Å². The highest BCUT2D eigenvalue weighted by Crippen LogP contribution is 2.17. The van der Waals surface area contributed by atoms with E-state index in [-0.39, 0.29) is 0 Å². The van der Waals surface area contributed by atoms with Crippen molar-refractivity contribution in [2.75, 3.05) is 19.7 Å². The van der Waals surface area contributed by atoms with Crippen molar-refractivity contribution in [2.45, 2.75) is 19.1 Å². The summed E-state index contributed by atoms with van der Waals surface area (Å²) in [4.78, 5) is 0. The zero-order chi connectivity index (χ0) is 6.10. The fraction of sp³-hybridized carbons (Fsp3) is 1.00. The minimum absolute atomic E-state index is 0.388. The van der Waals surface area contributed by atoms with Crippen LogP contribution in [0.5, 0.6) is 0 Å². The van der Waals surface area contributed by atoms with E-state index in [4.69, 9.17) is 4.74 Å². The van der Waals surface area contributed by atoms with Crippen molar-refractivity contribution in [3.05, 3.63) is 0 Å². The van der Waals surface area contributed by atoms with Gasteiger partial charge in [-0.1, -0.05) is 0 Å². The first-order valence-electron chi connectivity index (χ1n) is 3.58. The lowest BCUT2D eigenvalue weighted by atomic mass is 10.4. The Morgan fingerprint density at radius 3 is 3.44 bits per heavy atom. The quantitative estimate of drug-likeness (QED) is 0.494. The Morgan fingerprint density at radius 1 is 1.56 bits per heavy atom. The summed E-state index contributed by atoms with van der Waals surface area (Å²) in [5.41, 5.74) is 3.29. The van der Waals surface area contributed by atoms with Crippen LogP contribution < -0.4 is 5.43 Å². The first-order valence-corrected chi connectivity index (χ1v) is 3.58. The van der Waals surface area contributed by atoms with Gasteiger partial charge in [-0.15, -0.1) is 0 Å². The summed E-state index contributed by atoms with van der Waals surface area (Å²) in [6.45, 7) is 3.02. The molecule has 2 aliphatic heterocycles. The maximum Gasteiger partial charge on any atom is 0.123 e. The highest BCUT2D eigenvalue weighted by atomic mass is 16.5. The van der Waals surface area contributed by atoms with Crippen LogP contribution in [0.15, 0.2) is 0 Å². The van der Waals surface area contributed by atoms with Crippen molar-refractivity contribution in [3.8, 4) is 0 Å². The Hall–Kier alpha value is -0.120. The SMILES string of the molecule is C1C[C@H]2OCCNN2C1. The third-order valence-corrected chi connectivity index (χ3v) is 1.92. The largest absolute Gasteiger partial charge is 0.361 e. The third-order valence-electron chi connectivity index (χ3n) is 1.92. The smallest absolute Gasteiger partial charge is 0.123 e. The molecule has 1 N–H and O–H groups in total. The molecule has 3 heteroatoms. The van der Waals surface area contributed by atoms with E-state index in [2.05, 4.69) is 10.4 Å². The Balaban J connectivity index is 1.97. The second-order valence-electron chi connectivity index (χ2n) is 2.57. The number of nitrogens with zero attached hydrogens (tertiary/aromatic N) is 1. The second kappa shape index (κ2) is 2.25. The average molecular weight is 128 g/mol. The van der Waals surface area contributed by atoms with Crippen molar-refractivity contribution in [1.82, 2.24) is 10.4 Å². The van der Waals surface area contributed by atoms with Crippen LogP contribution in [0.4, 0.5) is 0 Å². The predicted molar refractivity (Wildman–Crippen MR) is 33.7 cm³/mol. The molecule has 0 amide bonds. The van der Waals surface area contributed by atoms with E-state index in [9.17, 15) is 0 Å². The Kier molecular flexibility index (Phi) is 1.41. The molecule has 0 aromatic rings. The van der Waals surface area contributed by atoms with E-state index >= 15 is 0 Å². The predicted octanol–water partition coefficient (Wildman–Crippen LogP) is -0.0569. The van der Waals surface area contributed by atoms with Gasteiger partial charge in [0.1, 0.15) is 6.23 Å². The summed E-state index contributed by atoms with van der Waals surface area (Å²) < 4.78 is 5.47. The summed E-state index contributed by atoms with van der Waals surface area (Å²) >= 11 is 0. The van der Waals surface area contributed by atoms with Gasteiger partial charge in [-0.05, 0) is 12.8 Å². The minimum Gasteiger partial charge on any atom is -0.361 e. The minimum atomic E-state index is 0.388. The second-order valence-corrected chi connectivity index (χ2v) is 2.57. The van der Waals surface area contributed by atoms with E-state index in [1.807, 2.05) is 0 Å². The fourth-order valence-corrected chi connectivity index (χ4v) is 1.47. The van der Waals surface area contributed by atoms with E-state index in [0.717, 1.165) is 19.7 Å². The summed E-state index contributed by atoms with van der Waals surface area (Å²) in [6.07, 6.45) is 2.86. The van der Waals surface area contributed by atoms with Crippen LogP contribution in [-0.2, 0) is 4.74 Å². The van der Waals surface area contributed by atoms with Crippen LogP contribution in [0.25, 0.3) is 0 Å². The van der Waals surface area contributed by atoms with Gasteiger partial charge >= 0.3 is 0 Å². The van der Waals surface area contributed by atoms with Crippen molar-refractivity contribution in [2.24, 2.45) is 0 Å². The monoisotopic (exact) mass is 128 g/mol. The number of fused-ring (bicyclic) bond motifs is 1. The van der Waals surface area contributed by atoms with Gasteiger partial charge in [0, 0.05) is 13.1 Å². The van der Waals surface area contributed by atoms with Crippen LogP contribution in [0.3, 0.4) is 0 Å². The summed E-state index contributed by atoms with van der Waals surface area (Å²) in [7, 11) is 0. The Bertz CT molecular complexity index is 95.2. The summed E-state index contributed by atoms with van der Waals surface area (Å²) in [5.74, 6) is 0. The number of hydrogen-bond donors (Lipinski definition) is 1. The number of hydrogen-bond acceptors (Lipinski definition) is 3. The molecule has 52 valence electrons. The first kappa shape index (κ1) is 5.65. The third kappa shape index (κ3) is 0.956. The lowest BCUT2D eigenvalue weighted by molar-refractivity contribution is -0.0974. The number of nitrogens with one attached hydrogen (secondary N) is 1. The first-order chi connectivity index (χ1) is 4.47. The van der Waals surface area contributed by atoms with Crippen molar-refractivity contribution in [1.29, 1.82) is 0 Å². The Morgan fingerprint density at radius 2 is 2.56 bits per heavy atom. The number of hydrazine groups is 1. The normalized spacial score (nSPS) is 36.7. The van der Waals surface area contributed by atoms with E-state index in [1.54, 1.807) is 0 Å². The van der Waals surface area contributed by atoms with Gasteiger partial charge in [0.2, 0.25) is 0 Å². The topological polar surface area (TPSA) is 24.5 Å². The molecule has 2 fully saturated rings. The molecule has 0 saturated carbocycles. The molecule has 2 aliphatic rings. The van der Waals surface area contributed by atoms with E-state index in [0.29, 0.717) is 6.23 Å². The van der Waals surface area contributed by atoms with Gasteiger partial charge in [0.15, 0.2) is 0 Å². The molecule has 3 nitrogen and oxygen atoms in total. The number of ether oxygens (including phenoxy) is 1. The molecule has 0 aliphatic carbocycles. The highest BCUT2D eigenvalue weighted by Gasteiger charge is 2.26. The van der Waals surface area contributed by atoms with Crippen LogP contribution in [0.1, 0.15) is 12.8 Å². The zero-order valence-electron chi connectivity index (χ0n) is 5.47. The molecule has 0 aromatic carbocycles. The fourth-order valence-electron chi connectivity index (χ4n) is 1.47. The molecular formula is C6H12N2O. The molecule has 0 bridgehead atoms. The van der Waals surface area contributed by atoms with E-state index in [1.165, 1.54) is 12.8 Å². The van der Waals surface area contributed by atoms with Crippen molar-refractivity contribution < 1.29 is 4.74 Å². The average Bonchev–Trinajstić information content (AvgIpc) is 2.33. The molecule has 2 heterocycles. The summed E-state index contributed by atoms with van der Waals surface area (Å²) in [5, 5.41) is 2.20. The van der Waals surface area contributed by atoms with Crippen molar-refractivity contribution in [3.63, 3.8) is 0 Å². The number of rotatable bonds is 0. The zero-order valence-corrected chi connectivity index (χ0v) is 5.47. The van der Waals surface area contributed by atoms with Gasteiger partial charge < -0.3 is 4.74 Å². The molecule has 2 rings (SSSR count). The molecule has 9 heavy (non-hydrogen) atoms. The maximum absolute atomic E-state index is 5.47.